The second-order valence-electron chi connectivity index (χ2n) is 4.41. The Bertz CT molecular complexity index is 616. The van der Waals surface area contributed by atoms with Gasteiger partial charge < -0.3 is 10.5 Å². The van der Waals surface area contributed by atoms with E-state index in [0.29, 0.717) is 5.95 Å². The first-order chi connectivity index (χ1) is 9.13. The highest BCUT2D eigenvalue weighted by molar-refractivity contribution is 7.99. The Morgan fingerprint density at radius 1 is 1.53 bits per heavy atom. The van der Waals surface area contributed by atoms with Gasteiger partial charge in [-0.05, 0) is 23.8 Å². The Morgan fingerprint density at radius 2 is 2.37 bits per heavy atom. The zero-order valence-corrected chi connectivity index (χ0v) is 11.9. The van der Waals surface area contributed by atoms with Gasteiger partial charge in [0.1, 0.15) is 11.9 Å². The Kier molecular flexibility index (Phi) is 3.28. The highest BCUT2D eigenvalue weighted by Crippen LogP contribution is 2.33. The maximum Gasteiger partial charge on any atom is 0.222 e. The molecule has 2 aromatic rings. The number of ether oxygens (including phenoxy) is 1. The molecule has 7 heteroatoms. The fourth-order valence-corrected chi connectivity index (χ4v) is 3.10. The van der Waals surface area contributed by atoms with E-state index in [0.717, 1.165) is 33.7 Å². The van der Waals surface area contributed by atoms with Gasteiger partial charge in [-0.2, -0.15) is 0 Å². The molecule has 0 aliphatic carbocycles. The van der Waals surface area contributed by atoms with Gasteiger partial charge in [-0.25, -0.2) is 0 Å². The Balaban J connectivity index is 1.63. The fraction of sp³-hybridized carbons (Fsp3) is 0.333. The van der Waals surface area contributed by atoms with Crippen LogP contribution in [0.1, 0.15) is 5.56 Å². The van der Waals surface area contributed by atoms with Crippen molar-refractivity contribution < 1.29 is 4.74 Å². The van der Waals surface area contributed by atoms with Gasteiger partial charge in [-0.1, -0.05) is 23.4 Å². The third-order valence-electron chi connectivity index (χ3n) is 3.03. The number of aromatic nitrogens is 3. The van der Waals surface area contributed by atoms with Crippen molar-refractivity contribution in [3.8, 4) is 5.75 Å². The van der Waals surface area contributed by atoms with Crippen molar-refractivity contribution in [3.63, 3.8) is 0 Å². The van der Waals surface area contributed by atoms with E-state index < -0.39 is 0 Å². The lowest BCUT2D eigenvalue weighted by atomic mass is 10.1. The monoisotopic (exact) mass is 296 g/mol. The van der Waals surface area contributed by atoms with E-state index in [1.165, 1.54) is 0 Å². The molecular formula is C12H13ClN4OS. The zero-order valence-electron chi connectivity index (χ0n) is 10.3. The van der Waals surface area contributed by atoms with Crippen LogP contribution in [-0.2, 0) is 13.5 Å². The molecule has 2 heterocycles. The quantitative estimate of drug-likeness (QED) is 0.879. The van der Waals surface area contributed by atoms with Crippen molar-refractivity contribution in [1.82, 2.24) is 14.8 Å². The van der Waals surface area contributed by atoms with Crippen LogP contribution in [0.2, 0.25) is 5.02 Å². The lowest BCUT2D eigenvalue weighted by Crippen LogP contribution is -2.16. The van der Waals surface area contributed by atoms with E-state index in [-0.39, 0.29) is 6.10 Å². The summed E-state index contributed by atoms with van der Waals surface area (Å²) < 4.78 is 7.63. The highest BCUT2D eigenvalue weighted by Gasteiger charge is 2.23. The summed E-state index contributed by atoms with van der Waals surface area (Å²) in [6.45, 7) is 0. The molecule has 5 nitrogen and oxygen atoms in total. The summed E-state index contributed by atoms with van der Waals surface area (Å²) in [5.41, 5.74) is 6.80. The second-order valence-corrected chi connectivity index (χ2v) is 5.83. The number of benzene rings is 1. The number of nitrogens with zero attached hydrogens (tertiary/aromatic N) is 3. The summed E-state index contributed by atoms with van der Waals surface area (Å²) in [6, 6.07) is 5.73. The zero-order chi connectivity index (χ0) is 13.4. The maximum atomic E-state index is 5.97. The van der Waals surface area contributed by atoms with E-state index in [2.05, 4.69) is 10.2 Å². The number of nitrogen functional groups attached to an aromatic ring is 1. The first-order valence-corrected chi connectivity index (χ1v) is 7.22. The summed E-state index contributed by atoms with van der Waals surface area (Å²) >= 11 is 7.56. The summed E-state index contributed by atoms with van der Waals surface area (Å²) in [4.78, 5) is 0. The predicted molar refractivity (Wildman–Crippen MR) is 75.7 cm³/mol. The molecule has 0 radical (unpaired) electrons. The first-order valence-electron chi connectivity index (χ1n) is 5.86. The van der Waals surface area contributed by atoms with Crippen molar-refractivity contribution in [1.29, 1.82) is 0 Å². The average Bonchev–Trinajstić information content (AvgIpc) is 2.92. The van der Waals surface area contributed by atoms with E-state index in [4.69, 9.17) is 22.1 Å². The Labute approximate surface area is 120 Å². The summed E-state index contributed by atoms with van der Waals surface area (Å²) in [5, 5.41) is 9.39. The van der Waals surface area contributed by atoms with Gasteiger partial charge in [0.25, 0.3) is 0 Å². The molecule has 19 heavy (non-hydrogen) atoms. The molecule has 0 fully saturated rings. The predicted octanol–water partition coefficient (Wildman–Crippen LogP) is 2.15. The first kappa shape index (κ1) is 12.6. The van der Waals surface area contributed by atoms with Gasteiger partial charge in [0.2, 0.25) is 5.95 Å². The third-order valence-corrected chi connectivity index (χ3v) is 4.42. The van der Waals surface area contributed by atoms with Gasteiger partial charge in [-0.15, -0.1) is 10.2 Å². The van der Waals surface area contributed by atoms with Crippen molar-refractivity contribution >= 4 is 29.3 Å². The molecular weight excluding hydrogens is 284 g/mol. The van der Waals surface area contributed by atoms with Crippen LogP contribution in [0, 0.1) is 0 Å². The number of rotatable bonds is 3. The van der Waals surface area contributed by atoms with Gasteiger partial charge >= 0.3 is 0 Å². The van der Waals surface area contributed by atoms with Crippen molar-refractivity contribution in [2.24, 2.45) is 7.05 Å². The topological polar surface area (TPSA) is 66.0 Å². The van der Waals surface area contributed by atoms with Crippen molar-refractivity contribution in [2.75, 3.05) is 11.5 Å². The molecule has 0 saturated carbocycles. The number of hydrogen-bond donors (Lipinski definition) is 1. The highest BCUT2D eigenvalue weighted by atomic mass is 35.5. The van der Waals surface area contributed by atoms with Gasteiger partial charge in [0.05, 0.1) is 0 Å². The van der Waals surface area contributed by atoms with Crippen LogP contribution in [0.3, 0.4) is 0 Å². The van der Waals surface area contributed by atoms with E-state index >= 15 is 0 Å². The molecule has 1 aromatic carbocycles. The van der Waals surface area contributed by atoms with Gasteiger partial charge in [0.15, 0.2) is 5.16 Å². The molecule has 0 bridgehead atoms. The second kappa shape index (κ2) is 4.94. The number of thioether (sulfide) groups is 1. The van der Waals surface area contributed by atoms with Crippen LogP contribution in [-0.4, -0.2) is 26.6 Å². The molecule has 1 aliphatic heterocycles. The largest absolute Gasteiger partial charge is 0.489 e. The van der Waals surface area contributed by atoms with E-state index in [1.54, 1.807) is 16.3 Å². The van der Waals surface area contributed by atoms with E-state index in [9.17, 15) is 0 Å². The van der Waals surface area contributed by atoms with Crippen LogP contribution in [0.25, 0.3) is 0 Å². The minimum Gasteiger partial charge on any atom is -0.489 e. The average molecular weight is 297 g/mol. The molecule has 1 aromatic heterocycles. The fourth-order valence-electron chi connectivity index (χ4n) is 2.00. The number of nitrogens with two attached hydrogens (primary N) is 1. The third kappa shape index (κ3) is 2.50. The van der Waals surface area contributed by atoms with Crippen molar-refractivity contribution in [2.45, 2.75) is 17.7 Å². The maximum absolute atomic E-state index is 5.97. The molecule has 3 rings (SSSR count). The summed E-state index contributed by atoms with van der Waals surface area (Å²) in [6.07, 6.45) is 1.01. The van der Waals surface area contributed by atoms with Gasteiger partial charge in [0, 0.05) is 24.2 Å². The van der Waals surface area contributed by atoms with Crippen LogP contribution in [0.5, 0.6) is 5.75 Å². The molecule has 2 N–H and O–H groups in total. The lowest BCUT2D eigenvalue weighted by Gasteiger charge is -2.09. The van der Waals surface area contributed by atoms with Crippen LogP contribution < -0.4 is 10.5 Å². The van der Waals surface area contributed by atoms with Gasteiger partial charge in [-0.3, -0.25) is 4.57 Å². The van der Waals surface area contributed by atoms with Crippen LogP contribution in [0.4, 0.5) is 5.95 Å². The molecule has 100 valence electrons. The number of anilines is 1. The molecule has 1 aliphatic rings. The van der Waals surface area contributed by atoms with Crippen LogP contribution in [0.15, 0.2) is 23.4 Å². The number of fused-ring (bicyclic) bond motifs is 1. The molecule has 0 amide bonds. The summed E-state index contributed by atoms with van der Waals surface area (Å²) in [7, 11) is 1.85. The normalized spacial score (nSPS) is 17.3. The Morgan fingerprint density at radius 3 is 3.11 bits per heavy atom. The Hall–Kier alpha value is -1.40. The number of halogens is 1. The molecule has 1 atom stereocenters. The molecule has 0 spiro atoms. The smallest absolute Gasteiger partial charge is 0.222 e. The van der Waals surface area contributed by atoms with Crippen LogP contribution >= 0.6 is 23.4 Å². The van der Waals surface area contributed by atoms with Crippen molar-refractivity contribution in [3.05, 3.63) is 28.8 Å². The minimum absolute atomic E-state index is 0.136. The minimum atomic E-state index is 0.136. The molecule has 1 unspecified atom stereocenters. The lowest BCUT2D eigenvalue weighted by molar-refractivity contribution is 0.259. The number of hydrogen-bond acceptors (Lipinski definition) is 5. The standard InChI is InChI=1S/C12H13ClN4OS/c1-17-11(14)15-16-12(17)19-6-9-5-7-4-8(13)2-3-10(7)18-9/h2-4,9H,5-6H2,1H3,(H2,14,15). The molecule has 0 saturated heterocycles. The summed E-state index contributed by atoms with van der Waals surface area (Å²) in [5.74, 6) is 2.15. The van der Waals surface area contributed by atoms with E-state index in [1.807, 2.05) is 25.2 Å². The SMILES string of the molecule is Cn1c(N)nnc1SCC1Cc2cc(Cl)ccc2O1.